The molecule has 1 unspecified atom stereocenters. The molecule has 1 atom stereocenters. The van der Waals surface area contributed by atoms with Crippen molar-refractivity contribution in [2.75, 3.05) is 0 Å². The van der Waals surface area contributed by atoms with Crippen LogP contribution in [0.15, 0.2) is 0 Å². The molecule has 0 amide bonds. The van der Waals surface area contributed by atoms with Gasteiger partial charge in [0, 0.05) is 0 Å². The average molecular weight is 627 g/mol. The van der Waals surface area contributed by atoms with Crippen LogP contribution in [0.5, 0.6) is 0 Å². The zero-order chi connectivity index (χ0) is 31.5. The van der Waals surface area contributed by atoms with Crippen molar-refractivity contribution in [3.8, 4) is 0 Å². The number of unbranched alkanes of at least 4 members (excludes halogenated alkanes) is 13. The Morgan fingerprint density at radius 1 is 0.524 bits per heavy atom. The Hall–Kier alpha value is -0.626. The van der Waals surface area contributed by atoms with Crippen molar-refractivity contribution in [1.29, 1.82) is 0 Å². The summed E-state index contributed by atoms with van der Waals surface area (Å²) in [6.07, 6.45) is 25.4. The Morgan fingerprint density at radius 3 is 1.40 bits per heavy atom. The molecule has 0 saturated heterocycles. The highest BCUT2D eigenvalue weighted by Gasteiger charge is 2.54. The maximum atomic E-state index is 13.5. The molecule has 0 aliphatic heterocycles. The fraction of sp³-hybridized carbons (Fsp3) is 0.944. The molecule has 250 valence electrons. The van der Waals surface area contributed by atoms with E-state index in [4.69, 9.17) is 4.43 Å². The standard InChI is InChI=1S/C36H74O4Si2/c1-7-13-19-21-23-25-31-41(29-15-9-3,30-16-10-4)36(26-24-22-20-14-8-2)42(32-17-11-5,33-18-12-6)40-35(39)28-27-34(37)38/h36H,7-33H2,1-6H3,(H,37,38). The number of aliphatic carboxylic acids is 1. The summed E-state index contributed by atoms with van der Waals surface area (Å²) in [7, 11) is -4.25. The second kappa shape index (κ2) is 26.7. The van der Waals surface area contributed by atoms with Crippen molar-refractivity contribution >= 4 is 28.3 Å². The SMILES string of the molecule is CCCCCCCC[Si](CCCC)(CCCC)C(CCCCCCC)[Si](CCCC)(CCCC)OC(=O)CCC(=O)O. The van der Waals surface area contributed by atoms with Gasteiger partial charge in [-0.25, -0.2) is 0 Å². The van der Waals surface area contributed by atoms with E-state index in [1.54, 1.807) is 0 Å². The molecule has 0 aliphatic carbocycles. The normalized spacial score (nSPS) is 12.9. The summed E-state index contributed by atoms with van der Waals surface area (Å²) >= 11 is 0. The number of carboxylic acids is 1. The van der Waals surface area contributed by atoms with Crippen LogP contribution in [0.2, 0.25) is 35.4 Å². The highest BCUT2D eigenvalue weighted by Crippen LogP contribution is 2.50. The van der Waals surface area contributed by atoms with Crippen LogP contribution in [0, 0.1) is 0 Å². The molecule has 0 bridgehead atoms. The Bertz CT molecular complexity index is 638. The van der Waals surface area contributed by atoms with Gasteiger partial charge in [0.25, 0.3) is 14.3 Å². The van der Waals surface area contributed by atoms with Gasteiger partial charge in [-0.3, -0.25) is 9.59 Å². The highest BCUT2D eigenvalue weighted by molar-refractivity contribution is 6.97. The van der Waals surface area contributed by atoms with Gasteiger partial charge in [0.15, 0.2) is 0 Å². The number of carboxylic acid groups (broad SMARTS) is 1. The Balaban J connectivity index is 6.78. The molecule has 0 saturated carbocycles. The molecule has 0 rings (SSSR count). The van der Waals surface area contributed by atoms with E-state index in [0.29, 0.717) is 5.16 Å². The first-order chi connectivity index (χ1) is 20.3. The molecular formula is C36H74O4Si2. The van der Waals surface area contributed by atoms with Gasteiger partial charge in [-0.2, -0.15) is 0 Å². The molecule has 0 aromatic rings. The van der Waals surface area contributed by atoms with Crippen LogP contribution in [-0.4, -0.2) is 33.4 Å². The van der Waals surface area contributed by atoms with E-state index in [0.717, 1.165) is 37.8 Å². The Kier molecular flexibility index (Phi) is 26.3. The average Bonchev–Trinajstić information content (AvgIpc) is 2.98. The topological polar surface area (TPSA) is 63.6 Å². The third-order valence-electron chi connectivity index (χ3n) is 9.82. The van der Waals surface area contributed by atoms with Gasteiger partial charge in [-0.05, 0) is 17.3 Å². The minimum atomic E-state index is -2.47. The van der Waals surface area contributed by atoms with Crippen LogP contribution in [0.25, 0.3) is 0 Å². The van der Waals surface area contributed by atoms with Gasteiger partial charge in [-0.1, -0.05) is 188 Å². The number of carbonyl (C=O) groups excluding carboxylic acids is 1. The van der Waals surface area contributed by atoms with Crippen molar-refractivity contribution in [2.45, 2.75) is 218 Å². The molecule has 0 fully saturated rings. The quantitative estimate of drug-likeness (QED) is 0.0614. The van der Waals surface area contributed by atoms with E-state index in [1.807, 2.05) is 0 Å². The molecule has 0 heterocycles. The maximum absolute atomic E-state index is 13.5. The van der Waals surface area contributed by atoms with Crippen LogP contribution < -0.4 is 0 Å². The third kappa shape index (κ3) is 17.6. The van der Waals surface area contributed by atoms with Crippen LogP contribution in [0.4, 0.5) is 0 Å². The fourth-order valence-corrected chi connectivity index (χ4v) is 24.3. The lowest BCUT2D eigenvalue weighted by Gasteiger charge is -2.49. The zero-order valence-electron chi connectivity index (χ0n) is 29.3. The van der Waals surface area contributed by atoms with Crippen LogP contribution >= 0.6 is 0 Å². The lowest BCUT2D eigenvalue weighted by atomic mass is 10.1. The summed E-state index contributed by atoms with van der Waals surface area (Å²) in [4.78, 5) is 24.9. The van der Waals surface area contributed by atoms with E-state index in [2.05, 4.69) is 41.5 Å². The first-order valence-corrected chi connectivity index (χ1v) is 23.8. The van der Waals surface area contributed by atoms with E-state index in [1.165, 1.54) is 121 Å². The van der Waals surface area contributed by atoms with Gasteiger partial charge in [-0.15, -0.1) is 0 Å². The number of rotatable bonds is 31. The van der Waals surface area contributed by atoms with Crippen LogP contribution in [-0.2, 0) is 14.0 Å². The summed E-state index contributed by atoms with van der Waals surface area (Å²) in [6.45, 7) is 13.9. The van der Waals surface area contributed by atoms with Crippen molar-refractivity contribution in [2.24, 2.45) is 0 Å². The largest absolute Gasteiger partial charge is 0.519 e. The van der Waals surface area contributed by atoms with Crippen LogP contribution in [0.1, 0.15) is 183 Å². The lowest BCUT2D eigenvalue weighted by molar-refractivity contribution is -0.142. The molecule has 1 N–H and O–H groups in total. The minimum absolute atomic E-state index is 0.0292. The molecule has 0 radical (unpaired) electrons. The lowest BCUT2D eigenvalue weighted by Crippen LogP contribution is -2.57. The zero-order valence-corrected chi connectivity index (χ0v) is 31.3. The summed E-state index contributed by atoms with van der Waals surface area (Å²) < 4.78 is 6.93. The van der Waals surface area contributed by atoms with E-state index >= 15 is 0 Å². The smallest absolute Gasteiger partial charge is 0.303 e. The van der Waals surface area contributed by atoms with Crippen LogP contribution in [0.3, 0.4) is 0 Å². The van der Waals surface area contributed by atoms with Crippen molar-refractivity contribution in [1.82, 2.24) is 0 Å². The molecule has 0 aliphatic rings. The summed E-state index contributed by atoms with van der Waals surface area (Å²) in [6, 6.07) is 6.39. The summed E-state index contributed by atoms with van der Waals surface area (Å²) in [5.74, 6) is -1.10. The molecule has 4 nitrogen and oxygen atoms in total. The minimum Gasteiger partial charge on any atom is -0.519 e. The monoisotopic (exact) mass is 627 g/mol. The molecule has 0 aromatic heterocycles. The molecule has 42 heavy (non-hydrogen) atoms. The third-order valence-corrected chi connectivity index (χ3v) is 23.6. The Morgan fingerprint density at radius 2 is 0.929 bits per heavy atom. The van der Waals surface area contributed by atoms with E-state index in [9.17, 15) is 14.7 Å². The van der Waals surface area contributed by atoms with Crippen molar-refractivity contribution < 1.29 is 19.1 Å². The fourth-order valence-electron chi connectivity index (χ4n) is 7.38. The second-order valence-electron chi connectivity index (χ2n) is 13.5. The number of hydrogen-bond acceptors (Lipinski definition) is 3. The van der Waals surface area contributed by atoms with Gasteiger partial charge >= 0.3 is 5.97 Å². The Labute approximate surface area is 265 Å². The first-order valence-electron chi connectivity index (χ1n) is 18.7. The van der Waals surface area contributed by atoms with Gasteiger partial charge in [0.1, 0.15) is 0 Å². The van der Waals surface area contributed by atoms with E-state index in [-0.39, 0.29) is 18.8 Å². The van der Waals surface area contributed by atoms with Gasteiger partial charge in [0.05, 0.1) is 20.9 Å². The number of hydrogen-bond donors (Lipinski definition) is 1. The highest BCUT2D eigenvalue weighted by atomic mass is 28.4. The molecule has 0 aromatic carbocycles. The molecule has 6 heteroatoms. The second-order valence-corrected chi connectivity index (χ2v) is 23.0. The summed E-state index contributed by atoms with van der Waals surface area (Å²) in [5, 5.41) is 9.97. The maximum Gasteiger partial charge on any atom is 0.303 e. The molecule has 0 spiro atoms. The predicted molar refractivity (Wildman–Crippen MR) is 189 cm³/mol. The first kappa shape index (κ1) is 41.4. The van der Waals surface area contributed by atoms with Gasteiger partial charge in [0.2, 0.25) is 0 Å². The van der Waals surface area contributed by atoms with Crippen molar-refractivity contribution in [3.05, 3.63) is 0 Å². The predicted octanol–water partition coefficient (Wildman–Crippen LogP) is 12.6. The summed E-state index contributed by atoms with van der Waals surface area (Å²) in [5.41, 5.74) is 0. The van der Waals surface area contributed by atoms with Crippen molar-refractivity contribution in [3.63, 3.8) is 0 Å². The van der Waals surface area contributed by atoms with Gasteiger partial charge < -0.3 is 9.53 Å². The number of carbonyl (C=O) groups is 2. The van der Waals surface area contributed by atoms with E-state index < -0.39 is 22.4 Å². The molecular weight excluding hydrogens is 553 g/mol.